The number of rotatable bonds is 4. The van der Waals surface area contributed by atoms with E-state index in [0.717, 1.165) is 44.9 Å². The lowest BCUT2D eigenvalue weighted by atomic mass is 10.1. The minimum Gasteiger partial charge on any atom is -0.508 e. The second kappa shape index (κ2) is 6.44. The van der Waals surface area contributed by atoms with Crippen LogP contribution >= 0.6 is 11.8 Å². The molecule has 2 aromatic carbocycles. The Morgan fingerprint density at radius 3 is 1.48 bits per heavy atom. The van der Waals surface area contributed by atoms with E-state index in [4.69, 9.17) is 0 Å². The first-order valence-corrected chi connectivity index (χ1v) is 8.10. The van der Waals surface area contributed by atoms with E-state index in [1.807, 2.05) is 27.7 Å². The van der Waals surface area contributed by atoms with Crippen LogP contribution in [0, 0.1) is 13.8 Å². The lowest BCUT2D eigenvalue weighted by Crippen LogP contribution is -1.92. The molecule has 0 saturated heterocycles. The molecule has 0 aliphatic heterocycles. The van der Waals surface area contributed by atoms with Gasteiger partial charge in [0.15, 0.2) is 0 Å². The smallest absolute Gasteiger partial charge is 0.120 e. The van der Waals surface area contributed by atoms with Crippen molar-refractivity contribution >= 4 is 11.8 Å². The number of aryl methyl sites for hydroxylation is 2. The van der Waals surface area contributed by atoms with Gasteiger partial charge in [0.25, 0.3) is 0 Å². The van der Waals surface area contributed by atoms with Gasteiger partial charge in [-0.2, -0.15) is 0 Å². The topological polar surface area (TPSA) is 40.5 Å². The molecule has 21 heavy (non-hydrogen) atoms. The van der Waals surface area contributed by atoms with Gasteiger partial charge in [0.2, 0.25) is 0 Å². The summed E-state index contributed by atoms with van der Waals surface area (Å²) in [5, 5.41) is 20.2. The number of phenolic OH excluding ortho intramolecular Hbond substituents is 2. The molecule has 112 valence electrons. The van der Waals surface area contributed by atoms with E-state index in [0.29, 0.717) is 11.5 Å². The Morgan fingerprint density at radius 1 is 0.762 bits per heavy atom. The van der Waals surface area contributed by atoms with Crippen LogP contribution in [0.15, 0.2) is 34.1 Å². The predicted molar refractivity (Wildman–Crippen MR) is 88.6 cm³/mol. The van der Waals surface area contributed by atoms with Gasteiger partial charge in [-0.3, -0.25) is 0 Å². The average molecular weight is 302 g/mol. The standard InChI is InChI=1S/C18H22O2S/c1-5-13-15(19)7-11(3)9-17(13)21-18-10-12(4)8-16(20)14(18)6-2/h7-10,19-20H,5-6H2,1-4H3. The molecule has 2 N–H and O–H groups in total. The van der Waals surface area contributed by atoms with Crippen molar-refractivity contribution in [1.82, 2.24) is 0 Å². The number of hydrogen-bond donors (Lipinski definition) is 2. The van der Waals surface area contributed by atoms with Crippen LogP contribution in [0.5, 0.6) is 11.5 Å². The van der Waals surface area contributed by atoms with E-state index in [-0.39, 0.29) is 0 Å². The molecule has 0 aliphatic rings. The molecular weight excluding hydrogens is 280 g/mol. The van der Waals surface area contributed by atoms with Crippen molar-refractivity contribution in [3.05, 3.63) is 46.5 Å². The fourth-order valence-corrected chi connectivity index (χ4v) is 4.01. The first-order valence-electron chi connectivity index (χ1n) is 7.29. The first-order chi connectivity index (χ1) is 9.96. The molecule has 0 saturated carbocycles. The van der Waals surface area contributed by atoms with E-state index in [2.05, 4.69) is 12.1 Å². The summed E-state index contributed by atoms with van der Waals surface area (Å²) in [6.45, 7) is 8.06. The molecule has 0 unspecified atom stereocenters. The third-order valence-corrected chi connectivity index (χ3v) is 4.75. The second-order valence-electron chi connectivity index (χ2n) is 5.33. The Hall–Kier alpha value is -1.61. The maximum Gasteiger partial charge on any atom is 0.120 e. The fraction of sp³-hybridized carbons (Fsp3) is 0.333. The zero-order valence-corrected chi connectivity index (χ0v) is 13.8. The van der Waals surface area contributed by atoms with Crippen LogP contribution in [-0.2, 0) is 12.8 Å². The van der Waals surface area contributed by atoms with Crippen molar-refractivity contribution in [3.63, 3.8) is 0 Å². The Balaban J connectivity index is 2.52. The second-order valence-corrected chi connectivity index (χ2v) is 6.41. The van der Waals surface area contributed by atoms with Crippen molar-refractivity contribution in [3.8, 4) is 11.5 Å². The summed E-state index contributed by atoms with van der Waals surface area (Å²) in [5.41, 5.74) is 4.02. The Labute approximate surface area is 130 Å². The van der Waals surface area contributed by atoms with E-state index in [1.165, 1.54) is 0 Å². The number of hydrogen-bond acceptors (Lipinski definition) is 3. The van der Waals surface area contributed by atoms with E-state index in [9.17, 15) is 10.2 Å². The Bertz CT molecular complexity index is 605. The third kappa shape index (κ3) is 3.35. The summed E-state index contributed by atoms with van der Waals surface area (Å²) in [7, 11) is 0. The summed E-state index contributed by atoms with van der Waals surface area (Å²) >= 11 is 1.63. The van der Waals surface area contributed by atoms with Crippen LogP contribution in [0.1, 0.15) is 36.1 Å². The van der Waals surface area contributed by atoms with Gasteiger partial charge in [0.1, 0.15) is 11.5 Å². The highest BCUT2D eigenvalue weighted by atomic mass is 32.2. The molecule has 2 nitrogen and oxygen atoms in total. The molecule has 0 heterocycles. The van der Waals surface area contributed by atoms with Crippen LogP contribution in [-0.4, -0.2) is 10.2 Å². The summed E-state index contributed by atoms with van der Waals surface area (Å²) < 4.78 is 0. The lowest BCUT2D eigenvalue weighted by molar-refractivity contribution is 0.466. The minimum atomic E-state index is 0.356. The molecule has 0 fully saturated rings. The van der Waals surface area contributed by atoms with Crippen LogP contribution in [0.2, 0.25) is 0 Å². The van der Waals surface area contributed by atoms with E-state index < -0.39 is 0 Å². The zero-order valence-electron chi connectivity index (χ0n) is 13.0. The molecule has 0 aromatic heterocycles. The summed E-state index contributed by atoms with van der Waals surface area (Å²) in [5.74, 6) is 0.713. The molecule has 0 bridgehead atoms. The molecule has 0 amide bonds. The van der Waals surface area contributed by atoms with Crippen LogP contribution in [0.4, 0.5) is 0 Å². The molecule has 0 aliphatic carbocycles. The summed E-state index contributed by atoms with van der Waals surface area (Å²) in [6.07, 6.45) is 1.57. The summed E-state index contributed by atoms with van der Waals surface area (Å²) in [4.78, 5) is 2.13. The van der Waals surface area contributed by atoms with E-state index in [1.54, 1.807) is 23.9 Å². The quantitative estimate of drug-likeness (QED) is 0.836. The van der Waals surface area contributed by atoms with Crippen molar-refractivity contribution in [1.29, 1.82) is 0 Å². The number of phenols is 2. The lowest BCUT2D eigenvalue weighted by Gasteiger charge is -2.15. The maximum absolute atomic E-state index is 10.1. The van der Waals surface area contributed by atoms with Gasteiger partial charge >= 0.3 is 0 Å². The highest BCUT2D eigenvalue weighted by molar-refractivity contribution is 7.99. The van der Waals surface area contributed by atoms with Gasteiger partial charge in [-0.05, 0) is 62.1 Å². The molecule has 2 aromatic rings. The monoisotopic (exact) mass is 302 g/mol. The van der Waals surface area contributed by atoms with Gasteiger partial charge in [-0.1, -0.05) is 25.6 Å². The third-order valence-electron chi connectivity index (χ3n) is 3.59. The van der Waals surface area contributed by atoms with Crippen molar-refractivity contribution in [2.75, 3.05) is 0 Å². The fourth-order valence-electron chi connectivity index (χ4n) is 2.54. The highest BCUT2D eigenvalue weighted by Gasteiger charge is 2.13. The minimum absolute atomic E-state index is 0.356. The molecule has 3 heteroatoms. The number of aromatic hydroxyl groups is 2. The molecule has 2 rings (SSSR count). The normalized spacial score (nSPS) is 10.9. The first kappa shape index (κ1) is 15.8. The molecule has 0 atom stereocenters. The van der Waals surface area contributed by atoms with Crippen molar-refractivity contribution < 1.29 is 10.2 Å². The largest absolute Gasteiger partial charge is 0.508 e. The van der Waals surface area contributed by atoms with Crippen LogP contribution < -0.4 is 0 Å². The Morgan fingerprint density at radius 2 is 1.14 bits per heavy atom. The van der Waals surface area contributed by atoms with Gasteiger partial charge < -0.3 is 10.2 Å². The van der Waals surface area contributed by atoms with Crippen molar-refractivity contribution in [2.45, 2.75) is 50.3 Å². The van der Waals surface area contributed by atoms with Crippen molar-refractivity contribution in [2.24, 2.45) is 0 Å². The average Bonchev–Trinajstić information content (AvgIpc) is 2.37. The zero-order chi connectivity index (χ0) is 15.6. The van der Waals surface area contributed by atoms with Crippen LogP contribution in [0.25, 0.3) is 0 Å². The molecule has 0 spiro atoms. The van der Waals surface area contributed by atoms with Gasteiger partial charge in [0.05, 0.1) is 0 Å². The van der Waals surface area contributed by atoms with E-state index >= 15 is 0 Å². The predicted octanol–water partition coefficient (Wildman–Crippen LogP) is 4.99. The highest BCUT2D eigenvalue weighted by Crippen LogP contribution is 2.40. The SMILES string of the molecule is CCc1c(O)cc(C)cc1Sc1cc(C)cc(O)c1CC. The van der Waals surface area contributed by atoms with Crippen LogP contribution in [0.3, 0.4) is 0 Å². The maximum atomic E-state index is 10.1. The van der Waals surface area contributed by atoms with Gasteiger partial charge in [0, 0.05) is 20.9 Å². The Kier molecular flexibility index (Phi) is 4.84. The summed E-state index contributed by atoms with van der Waals surface area (Å²) in [6, 6.07) is 7.80. The molecule has 0 radical (unpaired) electrons. The van der Waals surface area contributed by atoms with Gasteiger partial charge in [-0.25, -0.2) is 0 Å². The number of benzene rings is 2. The van der Waals surface area contributed by atoms with Gasteiger partial charge in [-0.15, -0.1) is 0 Å². The molecular formula is C18H22O2S.